The Morgan fingerprint density at radius 3 is 2.71 bits per heavy atom. The number of rotatable bonds is 4. The van der Waals surface area contributed by atoms with Crippen LogP contribution in [-0.4, -0.2) is 23.0 Å². The minimum absolute atomic E-state index is 0.353. The van der Waals surface area contributed by atoms with Crippen LogP contribution in [0, 0.1) is 3.57 Å². The third-order valence-electron chi connectivity index (χ3n) is 2.18. The third-order valence-corrected chi connectivity index (χ3v) is 3.62. The van der Waals surface area contributed by atoms with Crippen molar-refractivity contribution in [1.29, 1.82) is 0 Å². The number of carbonyl (C=O) groups excluding carboxylic acids is 1. The van der Waals surface area contributed by atoms with Gasteiger partial charge in [0.05, 0.1) is 5.56 Å². The van der Waals surface area contributed by atoms with Crippen LogP contribution in [0.4, 0.5) is 0 Å². The number of hydrogen-bond donors (Lipinski definition) is 2. The largest absolute Gasteiger partial charge is 0.480 e. The van der Waals surface area contributed by atoms with Gasteiger partial charge in [0, 0.05) is 8.04 Å². The highest BCUT2D eigenvalue weighted by molar-refractivity contribution is 14.1. The molecule has 0 spiro atoms. The van der Waals surface area contributed by atoms with Crippen LogP contribution in [0.3, 0.4) is 0 Å². The van der Waals surface area contributed by atoms with Crippen molar-refractivity contribution >= 4 is 50.4 Å². The Morgan fingerprint density at radius 1 is 1.53 bits per heavy atom. The van der Waals surface area contributed by atoms with E-state index in [9.17, 15) is 9.59 Å². The van der Waals surface area contributed by atoms with E-state index in [1.807, 2.05) is 28.7 Å². The molecule has 2 N–H and O–H groups in total. The number of aliphatic carboxylic acids is 1. The third kappa shape index (κ3) is 3.95. The van der Waals surface area contributed by atoms with Crippen LogP contribution in [0.1, 0.15) is 23.7 Å². The lowest BCUT2D eigenvalue weighted by Gasteiger charge is -2.13. The second-order valence-corrected chi connectivity index (χ2v) is 5.47. The maximum atomic E-state index is 11.9. The van der Waals surface area contributed by atoms with Gasteiger partial charge in [0.25, 0.3) is 5.91 Å². The van der Waals surface area contributed by atoms with E-state index in [0.29, 0.717) is 12.0 Å². The lowest BCUT2D eigenvalue weighted by molar-refractivity contribution is -0.139. The maximum absolute atomic E-state index is 11.9. The van der Waals surface area contributed by atoms with Gasteiger partial charge in [-0.3, -0.25) is 4.79 Å². The predicted molar refractivity (Wildman–Crippen MR) is 76.0 cm³/mol. The highest BCUT2D eigenvalue weighted by Gasteiger charge is 2.19. The van der Waals surface area contributed by atoms with Crippen molar-refractivity contribution in [2.24, 2.45) is 0 Å². The summed E-state index contributed by atoms with van der Waals surface area (Å²) in [4.78, 5) is 22.7. The zero-order chi connectivity index (χ0) is 13.0. The molecule has 0 aromatic heterocycles. The molecule has 1 aromatic rings. The van der Waals surface area contributed by atoms with Crippen molar-refractivity contribution in [2.75, 3.05) is 0 Å². The number of carboxylic acids is 1. The molecule has 1 aromatic carbocycles. The van der Waals surface area contributed by atoms with Gasteiger partial charge < -0.3 is 10.4 Å². The molecule has 0 radical (unpaired) electrons. The zero-order valence-corrected chi connectivity index (χ0v) is 12.8. The molecule has 1 rings (SSSR count). The highest BCUT2D eigenvalue weighted by Crippen LogP contribution is 2.18. The van der Waals surface area contributed by atoms with Crippen LogP contribution < -0.4 is 5.32 Å². The molecule has 0 saturated carbocycles. The Kier molecular flexibility index (Phi) is 5.38. The summed E-state index contributed by atoms with van der Waals surface area (Å²) in [6, 6.07) is 4.44. The normalized spacial score (nSPS) is 11.9. The lowest BCUT2D eigenvalue weighted by atomic mass is 10.1. The van der Waals surface area contributed by atoms with Crippen molar-refractivity contribution in [3.63, 3.8) is 0 Å². The molecule has 0 saturated heterocycles. The molecule has 0 aliphatic rings. The van der Waals surface area contributed by atoms with Crippen molar-refractivity contribution in [3.8, 4) is 0 Å². The van der Waals surface area contributed by atoms with Crippen LogP contribution in [0.15, 0.2) is 22.7 Å². The highest BCUT2D eigenvalue weighted by atomic mass is 127. The average Bonchev–Trinajstić information content (AvgIpc) is 2.28. The average molecular weight is 412 g/mol. The van der Waals surface area contributed by atoms with Gasteiger partial charge in [-0.2, -0.15) is 0 Å². The molecule has 1 amide bonds. The molecule has 0 aliphatic heterocycles. The van der Waals surface area contributed by atoms with Gasteiger partial charge in [0.1, 0.15) is 6.04 Å². The van der Waals surface area contributed by atoms with E-state index < -0.39 is 12.0 Å². The van der Waals surface area contributed by atoms with Crippen molar-refractivity contribution in [2.45, 2.75) is 19.4 Å². The molecular formula is C11H11BrINO3. The van der Waals surface area contributed by atoms with E-state index in [0.717, 1.165) is 8.04 Å². The summed E-state index contributed by atoms with van der Waals surface area (Å²) in [5, 5.41) is 11.4. The number of carbonyl (C=O) groups is 2. The van der Waals surface area contributed by atoms with Gasteiger partial charge in [-0.25, -0.2) is 4.79 Å². The first-order chi connectivity index (χ1) is 7.95. The topological polar surface area (TPSA) is 66.4 Å². The molecule has 4 nitrogen and oxygen atoms in total. The van der Waals surface area contributed by atoms with E-state index in [4.69, 9.17) is 5.11 Å². The number of benzene rings is 1. The minimum Gasteiger partial charge on any atom is -0.480 e. The summed E-state index contributed by atoms with van der Waals surface area (Å²) in [5.74, 6) is -1.39. The summed E-state index contributed by atoms with van der Waals surface area (Å²) in [7, 11) is 0. The molecule has 1 atom stereocenters. The summed E-state index contributed by atoms with van der Waals surface area (Å²) >= 11 is 5.32. The zero-order valence-electron chi connectivity index (χ0n) is 9.04. The SMILES string of the molecule is CCC(NC(=O)c1cc(Br)ccc1I)C(=O)O. The molecule has 6 heteroatoms. The summed E-state index contributed by atoms with van der Waals surface area (Å²) < 4.78 is 1.56. The fourth-order valence-corrected chi connectivity index (χ4v) is 2.19. The van der Waals surface area contributed by atoms with Crippen LogP contribution in [0.2, 0.25) is 0 Å². The van der Waals surface area contributed by atoms with Crippen LogP contribution in [0.25, 0.3) is 0 Å². The first-order valence-corrected chi connectivity index (χ1v) is 6.81. The summed E-state index contributed by atoms with van der Waals surface area (Å²) in [6.07, 6.45) is 0.353. The predicted octanol–water partition coefficient (Wildman–Crippen LogP) is 2.65. The standard InChI is InChI=1S/C11H11BrINO3/c1-2-9(11(16)17)14-10(15)7-5-6(12)3-4-8(7)13/h3-5,9H,2H2,1H3,(H,14,15)(H,16,17). The smallest absolute Gasteiger partial charge is 0.326 e. The fraction of sp³-hybridized carbons (Fsp3) is 0.273. The number of hydrogen-bond acceptors (Lipinski definition) is 2. The monoisotopic (exact) mass is 411 g/mol. The Hall–Kier alpha value is -0.630. The molecule has 0 bridgehead atoms. The van der Waals surface area contributed by atoms with Gasteiger partial charge in [-0.15, -0.1) is 0 Å². The van der Waals surface area contributed by atoms with E-state index >= 15 is 0 Å². The van der Waals surface area contributed by atoms with E-state index in [1.54, 1.807) is 19.1 Å². The Morgan fingerprint density at radius 2 is 2.18 bits per heavy atom. The van der Waals surface area contributed by atoms with E-state index in [-0.39, 0.29) is 5.91 Å². The van der Waals surface area contributed by atoms with E-state index in [2.05, 4.69) is 21.2 Å². The lowest BCUT2D eigenvalue weighted by Crippen LogP contribution is -2.40. The second kappa shape index (κ2) is 6.34. The first kappa shape index (κ1) is 14.4. The van der Waals surface area contributed by atoms with Gasteiger partial charge in [-0.1, -0.05) is 22.9 Å². The Bertz CT molecular complexity index is 450. The van der Waals surface area contributed by atoms with Gasteiger partial charge >= 0.3 is 5.97 Å². The second-order valence-electron chi connectivity index (χ2n) is 3.40. The molecule has 0 heterocycles. The first-order valence-electron chi connectivity index (χ1n) is 4.94. The fourth-order valence-electron chi connectivity index (χ4n) is 1.25. The molecular weight excluding hydrogens is 401 g/mol. The number of halogens is 2. The Balaban J connectivity index is 2.89. The summed E-state index contributed by atoms with van der Waals surface area (Å²) in [6.45, 7) is 1.71. The van der Waals surface area contributed by atoms with Crippen LogP contribution in [-0.2, 0) is 4.79 Å². The van der Waals surface area contributed by atoms with Crippen molar-refractivity contribution in [1.82, 2.24) is 5.32 Å². The number of nitrogens with one attached hydrogen (secondary N) is 1. The van der Waals surface area contributed by atoms with Crippen molar-refractivity contribution < 1.29 is 14.7 Å². The molecule has 17 heavy (non-hydrogen) atoms. The van der Waals surface area contributed by atoms with Crippen LogP contribution >= 0.6 is 38.5 Å². The van der Waals surface area contributed by atoms with E-state index in [1.165, 1.54) is 0 Å². The Labute approximate surface area is 121 Å². The van der Waals surface area contributed by atoms with Crippen molar-refractivity contribution in [3.05, 3.63) is 31.8 Å². The molecule has 1 unspecified atom stereocenters. The quantitative estimate of drug-likeness (QED) is 0.748. The van der Waals surface area contributed by atoms with Gasteiger partial charge in [-0.05, 0) is 47.2 Å². The summed E-state index contributed by atoms with van der Waals surface area (Å²) in [5.41, 5.74) is 0.472. The number of carboxylic acid groups (broad SMARTS) is 1. The maximum Gasteiger partial charge on any atom is 0.326 e. The molecule has 0 aliphatic carbocycles. The number of amides is 1. The minimum atomic E-state index is -1.02. The molecule has 92 valence electrons. The van der Waals surface area contributed by atoms with Gasteiger partial charge in [0.2, 0.25) is 0 Å². The van der Waals surface area contributed by atoms with Gasteiger partial charge in [0.15, 0.2) is 0 Å². The van der Waals surface area contributed by atoms with Crippen LogP contribution in [0.5, 0.6) is 0 Å². The molecule has 0 fully saturated rings.